The van der Waals surface area contributed by atoms with Gasteiger partial charge in [0.25, 0.3) is 0 Å². The van der Waals surface area contributed by atoms with Crippen LogP contribution in [0.2, 0.25) is 0 Å². The Labute approximate surface area is 99.7 Å². The molecule has 0 radical (unpaired) electrons. The normalized spacial score (nSPS) is 46.2. The number of hydrogen-bond donors (Lipinski definition) is 1. The largest absolute Gasteiger partial charge is 0.311 e. The highest BCUT2D eigenvalue weighted by molar-refractivity contribution is 5.12. The lowest BCUT2D eigenvalue weighted by molar-refractivity contribution is 0.321. The minimum Gasteiger partial charge on any atom is -0.311 e. The third-order valence-corrected chi connectivity index (χ3v) is 5.03. The van der Waals surface area contributed by atoms with Gasteiger partial charge in [-0.25, -0.2) is 0 Å². The van der Waals surface area contributed by atoms with Gasteiger partial charge in [-0.2, -0.15) is 0 Å². The third-order valence-electron chi connectivity index (χ3n) is 5.03. The molecule has 3 rings (SSSR count). The Balaban J connectivity index is 1.48. The van der Waals surface area contributed by atoms with E-state index < -0.39 is 0 Å². The molecular weight excluding hydrogens is 194 g/mol. The van der Waals surface area contributed by atoms with Crippen LogP contribution in [0, 0.1) is 23.7 Å². The van der Waals surface area contributed by atoms with Gasteiger partial charge in [-0.3, -0.25) is 0 Å². The highest BCUT2D eigenvalue weighted by atomic mass is 15.0. The average Bonchev–Trinajstić information content (AvgIpc) is 2.75. The van der Waals surface area contributed by atoms with Crippen LogP contribution in [0.3, 0.4) is 0 Å². The smallest absolute Gasteiger partial charge is 0.0102 e. The molecule has 0 heterocycles. The SMILES string of the molecule is CCCC1CC1NC(C)C1CC2C=CC1C2. The van der Waals surface area contributed by atoms with E-state index in [4.69, 9.17) is 0 Å². The minimum atomic E-state index is 0.742. The van der Waals surface area contributed by atoms with E-state index in [1.54, 1.807) is 0 Å². The molecule has 0 saturated heterocycles. The predicted octanol–water partition coefficient (Wildman–Crippen LogP) is 3.37. The second kappa shape index (κ2) is 4.18. The zero-order valence-corrected chi connectivity index (χ0v) is 10.7. The summed E-state index contributed by atoms with van der Waals surface area (Å²) in [7, 11) is 0. The maximum absolute atomic E-state index is 3.88. The Kier molecular flexibility index (Phi) is 2.83. The van der Waals surface area contributed by atoms with Gasteiger partial charge in [0.2, 0.25) is 0 Å². The van der Waals surface area contributed by atoms with E-state index >= 15 is 0 Å². The molecule has 1 nitrogen and oxygen atoms in total. The fraction of sp³-hybridized carbons (Fsp3) is 0.867. The molecule has 1 heteroatoms. The van der Waals surface area contributed by atoms with Gasteiger partial charge in [-0.15, -0.1) is 0 Å². The predicted molar refractivity (Wildman–Crippen MR) is 68.2 cm³/mol. The summed E-state index contributed by atoms with van der Waals surface area (Å²) in [6.45, 7) is 4.72. The number of hydrogen-bond acceptors (Lipinski definition) is 1. The third kappa shape index (κ3) is 1.95. The summed E-state index contributed by atoms with van der Waals surface area (Å²) in [5.41, 5.74) is 0. The Hall–Kier alpha value is -0.300. The van der Waals surface area contributed by atoms with Gasteiger partial charge >= 0.3 is 0 Å². The second-order valence-electron chi connectivity index (χ2n) is 6.29. The van der Waals surface area contributed by atoms with Crippen LogP contribution in [0.5, 0.6) is 0 Å². The van der Waals surface area contributed by atoms with Crippen molar-refractivity contribution < 1.29 is 0 Å². The second-order valence-corrected chi connectivity index (χ2v) is 6.29. The fourth-order valence-electron chi connectivity index (χ4n) is 4.00. The van der Waals surface area contributed by atoms with Gasteiger partial charge in [0, 0.05) is 12.1 Å². The summed E-state index contributed by atoms with van der Waals surface area (Å²) in [5, 5.41) is 3.88. The molecule has 2 bridgehead atoms. The van der Waals surface area contributed by atoms with Crippen LogP contribution in [-0.2, 0) is 0 Å². The first-order valence-corrected chi connectivity index (χ1v) is 7.22. The first kappa shape index (κ1) is 10.8. The first-order valence-electron chi connectivity index (χ1n) is 7.22. The van der Waals surface area contributed by atoms with Crippen molar-refractivity contribution in [3.63, 3.8) is 0 Å². The van der Waals surface area contributed by atoms with Crippen LogP contribution in [-0.4, -0.2) is 12.1 Å². The molecule has 0 aromatic rings. The molecule has 2 fully saturated rings. The van der Waals surface area contributed by atoms with E-state index in [9.17, 15) is 0 Å². The zero-order valence-electron chi connectivity index (χ0n) is 10.7. The summed E-state index contributed by atoms with van der Waals surface area (Å²) in [5.74, 6) is 3.75. The summed E-state index contributed by atoms with van der Waals surface area (Å²) in [4.78, 5) is 0. The lowest BCUT2D eigenvalue weighted by Crippen LogP contribution is -2.37. The van der Waals surface area contributed by atoms with Crippen molar-refractivity contribution >= 4 is 0 Å². The van der Waals surface area contributed by atoms with Crippen molar-refractivity contribution in [1.29, 1.82) is 0 Å². The standard InChI is InChI=1S/C15H25N/c1-3-4-13-9-15(13)16-10(2)14-8-11-5-6-12(14)7-11/h5-6,10-16H,3-4,7-9H2,1-2H3. The van der Waals surface area contributed by atoms with E-state index in [2.05, 4.69) is 31.3 Å². The van der Waals surface area contributed by atoms with Crippen LogP contribution in [0.25, 0.3) is 0 Å². The van der Waals surface area contributed by atoms with Crippen LogP contribution in [0.4, 0.5) is 0 Å². The molecule has 2 saturated carbocycles. The lowest BCUT2D eigenvalue weighted by atomic mass is 9.87. The van der Waals surface area contributed by atoms with E-state index in [1.807, 2.05) is 0 Å². The zero-order chi connectivity index (χ0) is 11.1. The van der Waals surface area contributed by atoms with Gasteiger partial charge in [0.15, 0.2) is 0 Å². The molecule has 0 amide bonds. The quantitative estimate of drug-likeness (QED) is 0.699. The molecule has 3 aliphatic carbocycles. The summed E-state index contributed by atoms with van der Waals surface area (Å²) in [6.07, 6.45) is 12.0. The van der Waals surface area contributed by atoms with Crippen LogP contribution in [0.1, 0.15) is 46.0 Å². The highest BCUT2D eigenvalue weighted by Crippen LogP contribution is 2.45. The maximum Gasteiger partial charge on any atom is 0.0102 e. The number of nitrogens with one attached hydrogen (secondary N) is 1. The molecule has 6 unspecified atom stereocenters. The Bertz CT molecular complexity index is 283. The number of allylic oxidation sites excluding steroid dienone is 2. The monoisotopic (exact) mass is 219 g/mol. The van der Waals surface area contributed by atoms with Crippen molar-refractivity contribution in [2.75, 3.05) is 0 Å². The topological polar surface area (TPSA) is 12.0 Å². The lowest BCUT2D eigenvalue weighted by Gasteiger charge is -2.26. The molecular formula is C15H25N. The maximum atomic E-state index is 3.88. The van der Waals surface area contributed by atoms with Crippen molar-refractivity contribution in [3.8, 4) is 0 Å². The van der Waals surface area contributed by atoms with Crippen molar-refractivity contribution in [2.45, 2.75) is 58.0 Å². The first-order chi connectivity index (χ1) is 7.78. The van der Waals surface area contributed by atoms with Crippen LogP contribution < -0.4 is 5.32 Å². The van der Waals surface area contributed by atoms with Gasteiger partial charge in [-0.1, -0.05) is 25.5 Å². The summed E-state index contributed by atoms with van der Waals surface area (Å²) in [6, 6.07) is 1.60. The van der Waals surface area contributed by atoms with Crippen LogP contribution in [0.15, 0.2) is 12.2 Å². The molecule has 1 N–H and O–H groups in total. The Morgan fingerprint density at radius 1 is 1.25 bits per heavy atom. The fourth-order valence-corrected chi connectivity index (χ4v) is 4.00. The minimum absolute atomic E-state index is 0.742. The Morgan fingerprint density at radius 3 is 2.75 bits per heavy atom. The van der Waals surface area contributed by atoms with E-state index in [0.29, 0.717) is 0 Å². The van der Waals surface area contributed by atoms with Crippen LogP contribution >= 0.6 is 0 Å². The van der Waals surface area contributed by atoms with Gasteiger partial charge < -0.3 is 5.32 Å². The molecule has 0 aromatic carbocycles. The van der Waals surface area contributed by atoms with Crippen molar-refractivity contribution in [2.24, 2.45) is 23.7 Å². The van der Waals surface area contributed by atoms with E-state index in [-0.39, 0.29) is 0 Å². The average molecular weight is 219 g/mol. The van der Waals surface area contributed by atoms with Gasteiger partial charge in [0.05, 0.1) is 0 Å². The van der Waals surface area contributed by atoms with Gasteiger partial charge in [0.1, 0.15) is 0 Å². The van der Waals surface area contributed by atoms with Crippen molar-refractivity contribution in [1.82, 2.24) is 5.32 Å². The molecule has 16 heavy (non-hydrogen) atoms. The molecule has 3 aliphatic rings. The molecule has 0 aliphatic heterocycles. The molecule has 0 aromatic heterocycles. The molecule has 0 spiro atoms. The summed E-state index contributed by atoms with van der Waals surface area (Å²) >= 11 is 0. The number of fused-ring (bicyclic) bond motifs is 2. The highest BCUT2D eigenvalue weighted by Gasteiger charge is 2.42. The Morgan fingerprint density at radius 2 is 2.12 bits per heavy atom. The van der Waals surface area contributed by atoms with E-state index in [0.717, 1.165) is 35.8 Å². The number of rotatable bonds is 5. The molecule has 90 valence electrons. The van der Waals surface area contributed by atoms with E-state index in [1.165, 1.54) is 32.1 Å². The van der Waals surface area contributed by atoms with Gasteiger partial charge in [-0.05, 0) is 56.3 Å². The molecule has 6 atom stereocenters. The summed E-state index contributed by atoms with van der Waals surface area (Å²) < 4.78 is 0. The van der Waals surface area contributed by atoms with Crippen molar-refractivity contribution in [3.05, 3.63) is 12.2 Å².